The minimum absolute atomic E-state index is 0.124. The van der Waals surface area contributed by atoms with Crippen molar-refractivity contribution in [2.75, 3.05) is 33.2 Å². The third kappa shape index (κ3) is 6.49. The number of carbonyl (C=O) groups excluding carboxylic acids is 2. The largest absolute Gasteiger partial charge is 0.493 e. The molecule has 0 bridgehead atoms. The van der Waals surface area contributed by atoms with Gasteiger partial charge in [0.2, 0.25) is 23.0 Å². The fraction of sp³-hybridized carbons (Fsp3) is 0.371. The van der Waals surface area contributed by atoms with Crippen LogP contribution in [0.1, 0.15) is 44.4 Å². The summed E-state index contributed by atoms with van der Waals surface area (Å²) < 4.78 is 19.1. The van der Waals surface area contributed by atoms with Gasteiger partial charge in [-0.2, -0.15) is 0 Å². The van der Waals surface area contributed by atoms with E-state index in [0.717, 1.165) is 22.2 Å². The number of anilines is 1. The summed E-state index contributed by atoms with van der Waals surface area (Å²) in [6, 6.07) is 13.7. The SMILES string of the molecule is COc1cc2c(c(OC)c1OC)-c1ccc(N[C@H](C(=O)NCCn3cnc4ccccc43)C(C)C)c(=O)cc1[C@@H](NC(C)=O)CC2. The predicted molar refractivity (Wildman–Crippen MR) is 178 cm³/mol. The number of benzene rings is 2. The van der Waals surface area contributed by atoms with E-state index >= 15 is 0 Å². The van der Waals surface area contributed by atoms with Crippen molar-refractivity contribution in [1.29, 1.82) is 0 Å². The minimum Gasteiger partial charge on any atom is -0.493 e. The highest BCUT2D eigenvalue weighted by Gasteiger charge is 2.30. The topological polar surface area (TPSA) is 133 Å². The second kappa shape index (κ2) is 13.9. The van der Waals surface area contributed by atoms with Crippen LogP contribution in [0.25, 0.3) is 22.2 Å². The van der Waals surface area contributed by atoms with E-state index in [0.29, 0.717) is 54.3 Å². The second-order valence-electron chi connectivity index (χ2n) is 11.7. The maximum absolute atomic E-state index is 13.8. The lowest BCUT2D eigenvalue weighted by molar-refractivity contribution is -0.122. The number of aromatic nitrogens is 2. The lowest BCUT2D eigenvalue weighted by atomic mass is 9.95. The Morgan fingerprint density at radius 2 is 1.78 bits per heavy atom. The molecule has 0 radical (unpaired) electrons. The number of imidazole rings is 1. The Bertz CT molecular complexity index is 1820. The molecule has 46 heavy (non-hydrogen) atoms. The van der Waals surface area contributed by atoms with Crippen LogP contribution >= 0.6 is 0 Å². The molecule has 3 N–H and O–H groups in total. The normalized spacial score (nSPS) is 14.5. The Balaban J connectivity index is 1.49. The Hall–Kier alpha value is -5.06. The molecule has 1 heterocycles. The van der Waals surface area contributed by atoms with Crippen LogP contribution in [0, 0.1) is 5.92 Å². The van der Waals surface area contributed by atoms with Crippen LogP contribution in [0.2, 0.25) is 0 Å². The van der Waals surface area contributed by atoms with Crippen LogP contribution in [-0.4, -0.2) is 55.3 Å². The summed E-state index contributed by atoms with van der Waals surface area (Å²) in [5.74, 6) is 0.881. The van der Waals surface area contributed by atoms with Gasteiger partial charge in [-0.3, -0.25) is 14.4 Å². The zero-order valence-corrected chi connectivity index (χ0v) is 27.1. The van der Waals surface area contributed by atoms with Crippen molar-refractivity contribution in [3.63, 3.8) is 0 Å². The van der Waals surface area contributed by atoms with Crippen molar-refractivity contribution >= 4 is 28.5 Å². The fourth-order valence-corrected chi connectivity index (χ4v) is 6.13. The molecule has 5 rings (SSSR count). The molecule has 0 aliphatic heterocycles. The minimum atomic E-state index is -0.674. The Kier molecular flexibility index (Phi) is 9.79. The average Bonchev–Trinajstić information content (AvgIpc) is 3.30. The molecule has 0 unspecified atom stereocenters. The number of nitrogens with zero attached hydrogens (tertiary/aromatic N) is 2. The summed E-state index contributed by atoms with van der Waals surface area (Å²) >= 11 is 0. The summed E-state index contributed by atoms with van der Waals surface area (Å²) in [7, 11) is 4.67. The van der Waals surface area contributed by atoms with Crippen LogP contribution in [0.3, 0.4) is 0 Å². The molecular weight excluding hydrogens is 586 g/mol. The predicted octanol–water partition coefficient (Wildman–Crippen LogP) is 4.47. The van der Waals surface area contributed by atoms with E-state index in [2.05, 4.69) is 20.9 Å². The lowest BCUT2D eigenvalue weighted by Crippen LogP contribution is -2.44. The van der Waals surface area contributed by atoms with Gasteiger partial charge in [0.25, 0.3) is 0 Å². The molecule has 3 aromatic carbocycles. The number of amides is 2. The quantitative estimate of drug-likeness (QED) is 0.222. The first-order chi connectivity index (χ1) is 22.2. The van der Waals surface area contributed by atoms with E-state index in [9.17, 15) is 14.4 Å². The van der Waals surface area contributed by atoms with Crippen LogP contribution in [-0.2, 0) is 22.6 Å². The Morgan fingerprint density at radius 3 is 2.48 bits per heavy atom. The molecule has 1 aromatic heterocycles. The highest BCUT2D eigenvalue weighted by Crippen LogP contribution is 2.50. The van der Waals surface area contributed by atoms with Gasteiger partial charge in [0.1, 0.15) is 6.04 Å². The summed E-state index contributed by atoms with van der Waals surface area (Å²) in [5.41, 5.74) is 4.91. The molecule has 0 spiro atoms. The average molecular weight is 628 g/mol. The molecule has 1 aliphatic carbocycles. The zero-order chi connectivity index (χ0) is 33.0. The Labute approximate surface area is 268 Å². The number of aryl methyl sites for hydroxylation is 1. The second-order valence-corrected chi connectivity index (χ2v) is 11.7. The standard InChI is InChI=1S/C35H41N5O6/c1-20(2)32(35(43)36-15-16-40-19-37-26-9-7-8-10-28(26)40)39-27-14-12-23-24(18-29(27)42)25(38-21(3)41)13-11-22-17-30(44-4)33(45-5)34(46-6)31(22)23/h7-10,12,14,17-20,25,32H,11,13,15-16H2,1-6H3,(H,36,43)(H,38,41)(H,39,42)/t25-,32-/m0/s1. The van der Waals surface area contributed by atoms with E-state index in [4.69, 9.17) is 14.2 Å². The first-order valence-corrected chi connectivity index (χ1v) is 15.4. The number of ether oxygens (including phenoxy) is 3. The number of rotatable bonds is 11. The molecule has 0 saturated carbocycles. The van der Waals surface area contributed by atoms with Crippen LogP contribution < -0.4 is 35.6 Å². The highest BCUT2D eigenvalue weighted by atomic mass is 16.5. The maximum atomic E-state index is 13.8. The maximum Gasteiger partial charge on any atom is 0.242 e. The fourth-order valence-electron chi connectivity index (χ4n) is 6.13. The van der Waals surface area contributed by atoms with E-state index in [-0.39, 0.29) is 28.8 Å². The van der Waals surface area contributed by atoms with Crippen molar-refractivity contribution in [3.8, 4) is 28.4 Å². The highest BCUT2D eigenvalue weighted by molar-refractivity contribution is 5.86. The first kappa shape index (κ1) is 32.3. The van der Waals surface area contributed by atoms with E-state index < -0.39 is 12.1 Å². The van der Waals surface area contributed by atoms with Gasteiger partial charge in [0.05, 0.1) is 50.4 Å². The summed E-state index contributed by atoms with van der Waals surface area (Å²) in [5, 5.41) is 9.26. The van der Waals surface area contributed by atoms with E-state index in [1.807, 2.05) is 54.8 Å². The van der Waals surface area contributed by atoms with Gasteiger partial charge in [0, 0.05) is 25.6 Å². The first-order valence-electron chi connectivity index (χ1n) is 15.4. The number of para-hydroxylation sites is 2. The van der Waals surface area contributed by atoms with Crippen LogP contribution in [0.15, 0.2) is 59.7 Å². The van der Waals surface area contributed by atoms with Crippen molar-refractivity contribution in [2.45, 2.75) is 52.2 Å². The van der Waals surface area contributed by atoms with Crippen molar-refractivity contribution in [3.05, 3.63) is 76.2 Å². The zero-order valence-electron chi connectivity index (χ0n) is 27.1. The molecule has 11 nitrogen and oxygen atoms in total. The van der Waals surface area contributed by atoms with Gasteiger partial charge in [-0.05, 0) is 65.8 Å². The van der Waals surface area contributed by atoms with Crippen molar-refractivity contribution in [1.82, 2.24) is 20.2 Å². The van der Waals surface area contributed by atoms with Gasteiger partial charge >= 0.3 is 0 Å². The molecule has 0 fully saturated rings. The van der Waals surface area contributed by atoms with Gasteiger partial charge in [-0.25, -0.2) is 4.98 Å². The number of methoxy groups -OCH3 is 3. The van der Waals surface area contributed by atoms with Gasteiger partial charge in [0.15, 0.2) is 11.5 Å². The number of hydrogen-bond donors (Lipinski definition) is 3. The molecule has 2 atom stereocenters. The molecule has 4 aromatic rings. The third-order valence-electron chi connectivity index (χ3n) is 8.36. The van der Waals surface area contributed by atoms with E-state index in [1.54, 1.807) is 39.8 Å². The molecule has 0 saturated heterocycles. The van der Waals surface area contributed by atoms with Crippen molar-refractivity contribution in [2.24, 2.45) is 5.92 Å². The number of carbonyl (C=O) groups is 2. The molecular formula is C35H41N5O6. The number of fused-ring (bicyclic) bond motifs is 4. The third-order valence-corrected chi connectivity index (χ3v) is 8.36. The monoisotopic (exact) mass is 627 g/mol. The summed E-state index contributed by atoms with van der Waals surface area (Å²) in [6.45, 7) is 6.26. The van der Waals surface area contributed by atoms with E-state index in [1.165, 1.54) is 6.92 Å². The summed E-state index contributed by atoms with van der Waals surface area (Å²) in [4.78, 5) is 43.9. The van der Waals surface area contributed by atoms with Gasteiger partial charge < -0.3 is 34.7 Å². The summed E-state index contributed by atoms with van der Waals surface area (Å²) in [6.07, 6.45) is 2.91. The Morgan fingerprint density at radius 1 is 1.02 bits per heavy atom. The van der Waals surface area contributed by atoms with Gasteiger partial charge in [-0.1, -0.05) is 32.0 Å². The van der Waals surface area contributed by atoms with Crippen LogP contribution in [0.4, 0.5) is 5.69 Å². The molecule has 2 amide bonds. The lowest BCUT2D eigenvalue weighted by Gasteiger charge is -2.22. The number of nitrogens with one attached hydrogen (secondary N) is 3. The molecule has 242 valence electrons. The number of hydrogen-bond acceptors (Lipinski definition) is 8. The smallest absolute Gasteiger partial charge is 0.242 e. The molecule has 1 aliphatic rings. The van der Waals surface area contributed by atoms with Gasteiger partial charge in [-0.15, -0.1) is 0 Å². The molecule has 11 heteroatoms. The van der Waals surface area contributed by atoms with Crippen LogP contribution in [0.5, 0.6) is 17.2 Å². The van der Waals surface area contributed by atoms with Crippen molar-refractivity contribution < 1.29 is 23.8 Å².